The number of esters is 1. The highest BCUT2D eigenvalue weighted by atomic mass is 127. The minimum absolute atomic E-state index is 0.350. The van der Waals surface area contributed by atoms with Crippen molar-refractivity contribution in [3.05, 3.63) is 93.6 Å². The quantitative estimate of drug-likeness (QED) is 0.389. The van der Waals surface area contributed by atoms with Gasteiger partial charge < -0.3 is 14.8 Å². The molecule has 1 amide bonds. The standard InChI is InChI=1S/C22H18INO4/c23-18-8-10-19(11-9-18)24-21(25)15-28-22(26)17-6-12-20(13-7-17)27-14-16-4-2-1-3-5-16/h1-13H,14-15H2,(H,24,25). The van der Waals surface area contributed by atoms with Crippen LogP contribution in [0, 0.1) is 3.57 Å². The molecule has 142 valence electrons. The van der Waals surface area contributed by atoms with E-state index in [1.165, 1.54) is 0 Å². The van der Waals surface area contributed by atoms with Gasteiger partial charge in [0.05, 0.1) is 5.56 Å². The maximum atomic E-state index is 12.1. The lowest BCUT2D eigenvalue weighted by atomic mass is 10.2. The summed E-state index contributed by atoms with van der Waals surface area (Å²) in [5.41, 5.74) is 2.07. The van der Waals surface area contributed by atoms with Gasteiger partial charge in [0.25, 0.3) is 5.91 Å². The van der Waals surface area contributed by atoms with E-state index >= 15 is 0 Å². The molecule has 0 aliphatic carbocycles. The average Bonchev–Trinajstić information content (AvgIpc) is 2.73. The highest BCUT2D eigenvalue weighted by Gasteiger charge is 2.11. The fourth-order valence-electron chi connectivity index (χ4n) is 2.37. The van der Waals surface area contributed by atoms with Crippen molar-refractivity contribution in [2.75, 3.05) is 11.9 Å². The van der Waals surface area contributed by atoms with Crippen LogP contribution >= 0.6 is 22.6 Å². The third-order valence-electron chi connectivity index (χ3n) is 3.80. The first-order chi connectivity index (χ1) is 13.6. The van der Waals surface area contributed by atoms with Gasteiger partial charge in [0, 0.05) is 9.26 Å². The first-order valence-electron chi connectivity index (χ1n) is 8.59. The molecule has 3 aromatic carbocycles. The number of amides is 1. The fourth-order valence-corrected chi connectivity index (χ4v) is 2.73. The Hall–Kier alpha value is -2.87. The first kappa shape index (κ1) is 19.9. The topological polar surface area (TPSA) is 64.6 Å². The lowest BCUT2D eigenvalue weighted by molar-refractivity contribution is -0.119. The Morgan fingerprint density at radius 1 is 0.857 bits per heavy atom. The molecule has 0 spiro atoms. The minimum Gasteiger partial charge on any atom is -0.489 e. The number of nitrogens with one attached hydrogen (secondary N) is 1. The van der Waals surface area contributed by atoms with Crippen LogP contribution in [0.4, 0.5) is 5.69 Å². The molecule has 0 atom stereocenters. The lowest BCUT2D eigenvalue weighted by Crippen LogP contribution is -2.20. The predicted molar refractivity (Wildman–Crippen MR) is 115 cm³/mol. The number of benzene rings is 3. The van der Waals surface area contributed by atoms with Gasteiger partial charge in [-0.05, 0) is 76.7 Å². The Morgan fingerprint density at radius 3 is 2.21 bits per heavy atom. The van der Waals surface area contributed by atoms with Crippen molar-refractivity contribution in [3.63, 3.8) is 0 Å². The molecular formula is C22H18INO4. The van der Waals surface area contributed by atoms with Gasteiger partial charge in [-0.1, -0.05) is 30.3 Å². The second-order valence-electron chi connectivity index (χ2n) is 5.93. The summed E-state index contributed by atoms with van der Waals surface area (Å²) in [5.74, 6) is -0.304. The van der Waals surface area contributed by atoms with E-state index < -0.39 is 11.9 Å². The van der Waals surface area contributed by atoms with Crippen LogP contribution in [0.1, 0.15) is 15.9 Å². The summed E-state index contributed by atoms with van der Waals surface area (Å²) < 4.78 is 11.8. The van der Waals surface area contributed by atoms with Crippen LogP contribution in [0.2, 0.25) is 0 Å². The van der Waals surface area contributed by atoms with E-state index in [-0.39, 0.29) is 6.61 Å². The molecule has 0 radical (unpaired) electrons. The molecule has 0 saturated heterocycles. The Kier molecular flexibility index (Phi) is 7.02. The summed E-state index contributed by atoms with van der Waals surface area (Å²) in [5, 5.41) is 2.68. The lowest BCUT2D eigenvalue weighted by Gasteiger charge is -2.08. The van der Waals surface area contributed by atoms with Crippen molar-refractivity contribution < 1.29 is 19.1 Å². The molecule has 0 unspecified atom stereocenters. The van der Waals surface area contributed by atoms with E-state index in [1.807, 2.05) is 42.5 Å². The van der Waals surface area contributed by atoms with E-state index in [9.17, 15) is 9.59 Å². The van der Waals surface area contributed by atoms with Crippen molar-refractivity contribution in [1.29, 1.82) is 0 Å². The molecule has 3 rings (SSSR count). The van der Waals surface area contributed by atoms with Crippen LogP contribution in [-0.4, -0.2) is 18.5 Å². The zero-order valence-corrected chi connectivity index (χ0v) is 17.1. The molecule has 0 fully saturated rings. The van der Waals surface area contributed by atoms with E-state index in [4.69, 9.17) is 9.47 Å². The smallest absolute Gasteiger partial charge is 0.338 e. The number of anilines is 1. The number of carbonyl (C=O) groups is 2. The molecule has 0 bridgehead atoms. The van der Waals surface area contributed by atoms with Gasteiger partial charge in [-0.3, -0.25) is 4.79 Å². The van der Waals surface area contributed by atoms with E-state index in [2.05, 4.69) is 27.9 Å². The molecule has 0 aliphatic rings. The van der Waals surface area contributed by atoms with Crippen molar-refractivity contribution in [1.82, 2.24) is 0 Å². The van der Waals surface area contributed by atoms with Crippen molar-refractivity contribution in [2.45, 2.75) is 6.61 Å². The Labute approximate surface area is 176 Å². The average molecular weight is 487 g/mol. The van der Waals surface area contributed by atoms with Crippen molar-refractivity contribution in [3.8, 4) is 5.75 Å². The SMILES string of the molecule is O=C(COC(=O)c1ccc(OCc2ccccc2)cc1)Nc1ccc(I)cc1. The van der Waals surface area contributed by atoms with Crippen LogP contribution in [0.25, 0.3) is 0 Å². The van der Waals surface area contributed by atoms with Crippen LogP contribution < -0.4 is 10.1 Å². The minimum atomic E-state index is -0.563. The third-order valence-corrected chi connectivity index (χ3v) is 4.52. The second kappa shape index (κ2) is 9.89. The zero-order valence-electron chi connectivity index (χ0n) is 14.9. The summed E-state index contributed by atoms with van der Waals surface area (Å²) in [6.07, 6.45) is 0. The summed E-state index contributed by atoms with van der Waals surface area (Å²) in [6.45, 7) is 0.0976. The second-order valence-corrected chi connectivity index (χ2v) is 7.18. The summed E-state index contributed by atoms with van der Waals surface area (Å²) >= 11 is 2.18. The molecule has 0 aromatic heterocycles. The maximum Gasteiger partial charge on any atom is 0.338 e. The Balaban J connectivity index is 1.46. The number of rotatable bonds is 7. The summed E-state index contributed by atoms with van der Waals surface area (Å²) in [6, 6.07) is 23.8. The third kappa shape index (κ3) is 6.09. The number of halogens is 1. The van der Waals surface area contributed by atoms with Crippen LogP contribution in [0.5, 0.6) is 5.75 Å². The molecule has 3 aromatic rings. The van der Waals surface area contributed by atoms with Gasteiger partial charge in [0.2, 0.25) is 0 Å². The van der Waals surface area contributed by atoms with Gasteiger partial charge >= 0.3 is 5.97 Å². The maximum absolute atomic E-state index is 12.1. The van der Waals surface area contributed by atoms with Gasteiger partial charge in [-0.25, -0.2) is 4.79 Å². The molecule has 5 nitrogen and oxygen atoms in total. The Morgan fingerprint density at radius 2 is 1.54 bits per heavy atom. The first-order valence-corrected chi connectivity index (χ1v) is 9.67. The largest absolute Gasteiger partial charge is 0.489 e. The molecule has 0 aliphatic heterocycles. The van der Waals surface area contributed by atoms with Crippen LogP contribution in [0.15, 0.2) is 78.9 Å². The normalized spacial score (nSPS) is 10.2. The molecule has 0 saturated carbocycles. The van der Waals surface area contributed by atoms with Gasteiger partial charge in [0.15, 0.2) is 6.61 Å². The fraction of sp³-hybridized carbons (Fsp3) is 0.0909. The van der Waals surface area contributed by atoms with Gasteiger partial charge in [-0.15, -0.1) is 0 Å². The highest BCUT2D eigenvalue weighted by molar-refractivity contribution is 14.1. The number of carbonyl (C=O) groups excluding carboxylic acids is 2. The van der Waals surface area contributed by atoms with E-state index in [1.54, 1.807) is 36.4 Å². The number of ether oxygens (including phenoxy) is 2. The monoisotopic (exact) mass is 487 g/mol. The molecule has 6 heteroatoms. The molecule has 0 heterocycles. The number of hydrogen-bond acceptors (Lipinski definition) is 4. The highest BCUT2D eigenvalue weighted by Crippen LogP contribution is 2.15. The van der Waals surface area contributed by atoms with Crippen LogP contribution in [0.3, 0.4) is 0 Å². The summed E-state index contributed by atoms with van der Waals surface area (Å²) in [4.78, 5) is 24.0. The summed E-state index contributed by atoms with van der Waals surface area (Å²) in [7, 11) is 0. The van der Waals surface area contributed by atoms with Crippen molar-refractivity contribution >= 4 is 40.2 Å². The van der Waals surface area contributed by atoms with Crippen LogP contribution in [-0.2, 0) is 16.1 Å². The van der Waals surface area contributed by atoms with Crippen molar-refractivity contribution in [2.24, 2.45) is 0 Å². The predicted octanol–water partition coefficient (Wildman–Crippen LogP) is 4.67. The molecule has 1 N–H and O–H groups in total. The van der Waals surface area contributed by atoms with Gasteiger partial charge in [0.1, 0.15) is 12.4 Å². The number of hydrogen-bond donors (Lipinski definition) is 1. The zero-order chi connectivity index (χ0) is 19.8. The molecular weight excluding hydrogens is 469 g/mol. The van der Waals surface area contributed by atoms with E-state index in [0.29, 0.717) is 23.6 Å². The molecule has 28 heavy (non-hydrogen) atoms. The Bertz CT molecular complexity index is 925. The van der Waals surface area contributed by atoms with E-state index in [0.717, 1.165) is 9.13 Å². The van der Waals surface area contributed by atoms with Gasteiger partial charge in [-0.2, -0.15) is 0 Å².